The maximum Gasteiger partial charge on any atom is 0.103 e. The molecule has 1 unspecified atom stereocenters. The summed E-state index contributed by atoms with van der Waals surface area (Å²) >= 11 is 0. The number of benzene rings is 1. The van der Waals surface area contributed by atoms with Gasteiger partial charge in [-0.1, -0.05) is 24.3 Å². The smallest absolute Gasteiger partial charge is 0.103 e. The number of hydrogen-bond donors (Lipinski definition) is 1. The largest absolute Gasteiger partial charge is 0.386 e. The highest BCUT2D eigenvalue weighted by molar-refractivity contribution is 5.69. The molecule has 0 saturated carbocycles. The first-order chi connectivity index (χ1) is 11.2. The Morgan fingerprint density at radius 2 is 2.13 bits per heavy atom. The number of hydrogen-bond acceptors (Lipinski definition) is 3. The number of fused-ring (bicyclic) bond motifs is 4. The van der Waals surface area contributed by atoms with E-state index in [0.717, 1.165) is 24.2 Å². The summed E-state index contributed by atoms with van der Waals surface area (Å²) in [7, 11) is 1.92. The van der Waals surface area contributed by atoms with E-state index in [1.54, 1.807) is 0 Å². The maximum absolute atomic E-state index is 11.0. The number of aryl methyl sites for hydroxylation is 2. The van der Waals surface area contributed by atoms with E-state index in [9.17, 15) is 5.11 Å². The second kappa shape index (κ2) is 4.55. The van der Waals surface area contributed by atoms with E-state index in [1.165, 1.54) is 16.7 Å². The van der Waals surface area contributed by atoms with Gasteiger partial charge >= 0.3 is 0 Å². The quantitative estimate of drug-likeness (QED) is 0.751. The highest BCUT2D eigenvalue weighted by Crippen LogP contribution is 2.49. The summed E-state index contributed by atoms with van der Waals surface area (Å²) in [5.74, 6) is 0.119. The molecule has 3 atom stereocenters. The second-order valence-corrected chi connectivity index (χ2v) is 6.58. The van der Waals surface area contributed by atoms with Crippen LogP contribution in [0, 0.1) is 5.92 Å². The molecule has 5 heteroatoms. The van der Waals surface area contributed by atoms with Gasteiger partial charge in [-0.15, -0.1) is 0 Å². The van der Waals surface area contributed by atoms with Crippen molar-refractivity contribution in [1.82, 2.24) is 19.3 Å². The van der Waals surface area contributed by atoms with Gasteiger partial charge in [-0.3, -0.25) is 4.68 Å². The summed E-state index contributed by atoms with van der Waals surface area (Å²) in [6.07, 6.45) is 7.22. The summed E-state index contributed by atoms with van der Waals surface area (Å²) in [6.45, 7) is 0. The SMILES string of the molecule is Cn1cc2c(n1)[C@@H](O)[C@@H](C1c3ccccc3-c3cncn31)CC2. The van der Waals surface area contributed by atoms with E-state index in [0.29, 0.717) is 0 Å². The Bertz CT molecular complexity index is 894. The molecular formula is C18H18N4O. The van der Waals surface area contributed by atoms with Crippen LogP contribution < -0.4 is 0 Å². The average Bonchev–Trinajstić information content (AvgIpc) is 3.22. The summed E-state index contributed by atoms with van der Waals surface area (Å²) in [6, 6.07) is 8.59. The lowest BCUT2D eigenvalue weighted by Gasteiger charge is -2.33. The first-order valence-electron chi connectivity index (χ1n) is 8.05. The van der Waals surface area contributed by atoms with Crippen LogP contribution in [-0.4, -0.2) is 24.4 Å². The van der Waals surface area contributed by atoms with E-state index in [4.69, 9.17) is 0 Å². The van der Waals surface area contributed by atoms with Crippen molar-refractivity contribution in [3.63, 3.8) is 0 Å². The molecule has 0 radical (unpaired) electrons. The summed E-state index contributed by atoms with van der Waals surface area (Å²) in [4.78, 5) is 4.32. The first kappa shape index (κ1) is 13.1. The minimum Gasteiger partial charge on any atom is -0.386 e. The van der Waals surface area contributed by atoms with Gasteiger partial charge in [0.25, 0.3) is 0 Å². The Labute approximate surface area is 134 Å². The third kappa shape index (κ3) is 1.71. The molecule has 0 saturated heterocycles. The van der Waals surface area contributed by atoms with E-state index < -0.39 is 6.10 Å². The fraction of sp³-hybridized carbons (Fsp3) is 0.333. The van der Waals surface area contributed by atoms with Gasteiger partial charge in [0, 0.05) is 24.7 Å². The van der Waals surface area contributed by atoms with Crippen LogP contribution >= 0.6 is 0 Å². The molecule has 2 aromatic heterocycles. The van der Waals surface area contributed by atoms with Crippen LogP contribution in [0.3, 0.4) is 0 Å². The lowest BCUT2D eigenvalue weighted by molar-refractivity contribution is 0.0681. The van der Waals surface area contributed by atoms with Gasteiger partial charge < -0.3 is 9.67 Å². The summed E-state index contributed by atoms with van der Waals surface area (Å²) < 4.78 is 4.02. The molecule has 0 spiro atoms. The molecule has 2 aliphatic rings. The normalized spacial score (nSPS) is 25.0. The van der Waals surface area contributed by atoms with Gasteiger partial charge in [0.15, 0.2) is 0 Å². The molecule has 0 amide bonds. The van der Waals surface area contributed by atoms with Crippen LogP contribution in [0.5, 0.6) is 0 Å². The van der Waals surface area contributed by atoms with E-state index in [2.05, 4.69) is 38.9 Å². The molecule has 3 heterocycles. The minimum absolute atomic E-state index is 0.119. The predicted octanol–water partition coefficient (Wildman–Crippen LogP) is 2.48. The van der Waals surface area contributed by atoms with Crippen LogP contribution in [0.25, 0.3) is 11.3 Å². The predicted molar refractivity (Wildman–Crippen MR) is 85.8 cm³/mol. The monoisotopic (exact) mass is 306 g/mol. The Morgan fingerprint density at radius 3 is 3.04 bits per heavy atom. The zero-order valence-corrected chi connectivity index (χ0v) is 12.9. The molecule has 0 fully saturated rings. The molecular weight excluding hydrogens is 288 g/mol. The van der Waals surface area contributed by atoms with Crippen molar-refractivity contribution in [1.29, 1.82) is 0 Å². The molecule has 1 aromatic carbocycles. The standard InChI is InChI=1S/C18H18N4O/c1-21-9-11-6-7-14(18(23)16(11)20-21)17-13-5-3-2-4-12(13)15-8-19-10-22(15)17/h2-5,8-10,14,17-18,23H,6-7H2,1H3/t14-,17?,18+/m1/s1. The second-order valence-electron chi connectivity index (χ2n) is 6.58. The molecule has 5 nitrogen and oxygen atoms in total. The van der Waals surface area contributed by atoms with E-state index in [-0.39, 0.29) is 12.0 Å². The highest BCUT2D eigenvalue weighted by atomic mass is 16.3. The summed E-state index contributed by atoms with van der Waals surface area (Å²) in [5.41, 5.74) is 5.68. The van der Waals surface area contributed by atoms with E-state index in [1.807, 2.05) is 30.5 Å². The van der Waals surface area contributed by atoms with Gasteiger partial charge in [0.05, 0.1) is 30.0 Å². The number of aromatic nitrogens is 4. The number of rotatable bonds is 1. The first-order valence-corrected chi connectivity index (χ1v) is 8.05. The average molecular weight is 306 g/mol. The highest BCUT2D eigenvalue weighted by Gasteiger charge is 2.41. The van der Waals surface area contributed by atoms with Crippen molar-refractivity contribution < 1.29 is 5.11 Å². The lowest BCUT2D eigenvalue weighted by atomic mass is 9.78. The molecule has 23 heavy (non-hydrogen) atoms. The number of nitrogens with zero attached hydrogens (tertiary/aromatic N) is 4. The van der Waals surface area contributed by atoms with Crippen molar-refractivity contribution in [2.24, 2.45) is 13.0 Å². The van der Waals surface area contributed by atoms with Crippen LogP contribution in [-0.2, 0) is 13.5 Å². The van der Waals surface area contributed by atoms with Crippen molar-refractivity contribution in [3.8, 4) is 11.3 Å². The van der Waals surface area contributed by atoms with Crippen LogP contribution in [0.4, 0.5) is 0 Å². The molecule has 1 N–H and O–H groups in total. The molecule has 1 aliphatic heterocycles. The van der Waals surface area contributed by atoms with Crippen molar-refractivity contribution in [3.05, 3.63) is 59.8 Å². The number of aliphatic hydroxyl groups is 1. The van der Waals surface area contributed by atoms with Crippen molar-refractivity contribution in [2.45, 2.75) is 25.0 Å². The zero-order chi connectivity index (χ0) is 15.6. The number of imidazole rings is 1. The van der Waals surface area contributed by atoms with Crippen molar-refractivity contribution >= 4 is 0 Å². The Balaban J connectivity index is 1.63. The molecule has 116 valence electrons. The van der Waals surface area contributed by atoms with Crippen molar-refractivity contribution in [2.75, 3.05) is 0 Å². The fourth-order valence-electron chi connectivity index (χ4n) is 4.32. The lowest BCUT2D eigenvalue weighted by Crippen LogP contribution is -2.28. The maximum atomic E-state index is 11.0. The van der Waals surface area contributed by atoms with Gasteiger partial charge in [0.1, 0.15) is 6.10 Å². The molecule has 3 aromatic rings. The zero-order valence-electron chi connectivity index (χ0n) is 12.9. The van der Waals surface area contributed by atoms with Crippen LogP contribution in [0.15, 0.2) is 43.0 Å². The minimum atomic E-state index is -0.536. The Morgan fingerprint density at radius 1 is 1.26 bits per heavy atom. The van der Waals surface area contributed by atoms with Gasteiger partial charge in [-0.25, -0.2) is 4.98 Å². The number of aliphatic hydroxyl groups excluding tert-OH is 1. The van der Waals surface area contributed by atoms with Crippen LogP contribution in [0.1, 0.15) is 35.4 Å². The van der Waals surface area contributed by atoms with E-state index >= 15 is 0 Å². The summed E-state index contributed by atoms with van der Waals surface area (Å²) in [5, 5.41) is 15.5. The topological polar surface area (TPSA) is 55.9 Å². The molecule has 1 aliphatic carbocycles. The third-order valence-electron chi connectivity index (χ3n) is 5.30. The fourth-order valence-corrected chi connectivity index (χ4v) is 4.32. The third-order valence-corrected chi connectivity index (χ3v) is 5.30. The van der Waals surface area contributed by atoms with Gasteiger partial charge in [0.2, 0.25) is 0 Å². The Kier molecular flexibility index (Phi) is 2.59. The van der Waals surface area contributed by atoms with Gasteiger partial charge in [-0.05, 0) is 24.0 Å². The van der Waals surface area contributed by atoms with Gasteiger partial charge in [-0.2, -0.15) is 5.10 Å². The molecule has 0 bridgehead atoms. The Hall–Kier alpha value is -2.40. The van der Waals surface area contributed by atoms with Crippen LogP contribution in [0.2, 0.25) is 0 Å². The molecule has 5 rings (SSSR count).